The zero-order valence-electron chi connectivity index (χ0n) is 11.3. The van der Waals surface area contributed by atoms with Crippen LogP contribution in [0.15, 0.2) is 18.2 Å². The molecular weight excluding hydrogens is 248 g/mol. The summed E-state index contributed by atoms with van der Waals surface area (Å²) in [7, 11) is 4.14. The Balaban J connectivity index is 2.72. The van der Waals surface area contributed by atoms with Crippen LogP contribution in [-0.4, -0.2) is 44.9 Å². The van der Waals surface area contributed by atoms with Gasteiger partial charge < -0.3 is 9.80 Å². The molecule has 3 nitrogen and oxygen atoms in total. The lowest BCUT2D eigenvalue weighted by Crippen LogP contribution is -2.27. The first-order valence-electron chi connectivity index (χ1n) is 6.23. The second kappa shape index (κ2) is 7.39. The summed E-state index contributed by atoms with van der Waals surface area (Å²) in [6.45, 7) is 5.04. The van der Waals surface area contributed by atoms with E-state index >= 15 is 0 Å². The molecule has 0 fully saturated rings. The Morgan fingerprint density at radius 2 is 2.00 bits per heavy atom. The van der Waals surface area contributed by atoms with E-state index in [0.717, 1.165) is 38.0 Å². The maximum absolute atomic E-state index is 10.7. The monoisotopic (exact) mass is 268 g/mol. The minimum absolute atomic E-state index is 0.619. The van der Waals surface area contributed by atoms with Gasteiger partial charge in [-0.1, -0.05) is 11.6 Å². The molecule has 0 saturated carbocycles. The van der Waals surface area contributed by atoms with Crippen LogP contribution < -0.4 is 4.90 Å². The van der Waals surface area contributed by atoms with Crippen molar-refractivity contribution in [1.82, 2.24) is 4.90 Å². The van der Waals surface area contributed by atoms with Crippen LogP contribution in [0.3, 0.4) is 0 Å². The molecule has 18 heavy (non-hydrogen) atoms. The summed E-state index contributed by atoms with van der Waals surface area (Å²) in [5, 5.41) is 0.645. The van der Waals surface area contributed by atoms with Crippen LogP contribution in [0, 0.1) is 0 Å². The average Bonchev–Trinajstić information content (AvgIpc) is 2.35. The number of rotatable bonds is 7. The third kappa shape index (κ3) is 4.31. The standard InChI is InChI=1S/C14H21ClN2O/c1-4-17(9-5-8-16(2)3)14-7-6-12(11-18)10-13(14)15/h6-7,10-11H,4-5,8-9H2,1-3H3. The summed E-state index contributed by atoms with van der Waals surface area (Å²) in [6.07, 6.45) is 1.91. The number of hydrogen-bond acceptors (Lipinski definition) is 3. The molecule has 0 aliphatic carbocycles. The molecule has 0 atom stereocenters. The summed E-state index contributed by atoms with van der Waals surface area (Å²) in [4.78, 5) is 15.1. The number of nitrogens with zero attached hydrogens (tertiary/aromatic N) is 2. The minimum atomic E-state index is 0.619. The molecule has 1 rings (SSSR count). The van der Waals surface area contributed by atoms with Gasteiger partial charge in [-0.3, -0.25) is 4.79 Å². The van der Waals surface area contributed by atoms with Gasteiger partial charge in [-0.2, -0.15) is 0 Å². The molecule has 0 heterocycles. The van der Waals surface area contributed by atoms with Crippen molar-refractivity contribution in [3.63, 3.8) is 0 Å². The van der Waals surface area contributed by atoms with Gasteiger partial charge in [-0.15, -0.1) is 0 Å². The molecule has 0 saturated heterocycles. The highest BCUT2D eigenvalue weighted by molar-refractivity contribution is 6.33. The molecule has 100 valence electrons. The predicted molar refractivity (Wildman–Crippen MR) is 77.9 cm³/mol. The first-order valence-corrected chi connectivity index (χ1v) is 6.60. The fourth-order valence-electron chi connectivity index (χ4n) is 1.88. The number of hydrogen-bond donors (Lipinski definition) is 0. The zero-order valence-corrected chi connectivity index (χ0v) is 12.1. The smallest absolute Gasteiger partial charge is 0.150 e. The van der Waals surface area contributed by atoms with E-state index < -0.39 is 0 Å². The average molecular weight is 269 g/mol. The fourth-order valence-corrected chi connectivity index (χ4v) is 2.19. The molecule has 1 aromatic rings. The van der Waals surface area contributed by atoms with Crippen molar-refractivity contribution < 1.29 is 4.79 Å². The van der Waals surface area contributed by atoms with E-state index in [1.807, 2.05) is 12.1 Å². The van der Waals surface area contributed by atoms with E-state index in [4.69, 9.17) is 11.6 Å². The molecule has 0 aromatic heterocycles. The van der Waals surface area contributed by atoms with Gasteiger partial charge in [0.05, 0.1) is 10.7 Å². The van der Waals surface area contributed by atoms with Crippen LogP contribution in [0.5, 0.6) is 0 Å². The Bertz CT molecular complexity index is 393. The first-order chi connectivity index (χ1) is 8.58. The van der Waals surface area contributed by atoms with E-state index in [1.165, 1.54) is 0 Å². The number of benzene rings is 1. The van der Waals surface area contributed by atoms with Crippen molar-refractivity contribution in [3.05, 3.63) is 28.8 Å². The number of aldehydes is 1. The van der Waals surface area contributed by atoms with Crippen molar-refractivity contribution in [2.45, 2.75) is 13.3 Å². The Morgan fingerprint density at radius 1 is 1.28 bits per heavy atom. The second-order valence-corrected chi connectivity index (χ2v) is 4.97. The zero-order chi connectivity index (χ0) is 13.5. The van der Waals surface area contributed by atoms with E-state index in [-0.39, 0.29) is 0 Å². The van der Waals surface area contributed by atoms with Crippen LogP contribution in [0.1, 0.15) is 23.7 Å². The Hall–Kier alpha value is -1.06. The van der Waals surface area contributed by atoms with Crippen molar-refractivity contribution in [3.8, 4) is 0 Å². The third-order valence-corrected chi connectivity index (χ3v) is 3.17. The molecule has 0 unspecified atom stereocenters. The topological polar surface area (TPSA) is 23.6 Å². The van der Waals surface area contributed by atoms with E-state index in [1.54, 1.807) is 6.07 Å². The molecule has 0 radical (unpaired) electrons. The van der Waals surface area contributed by atoms with Crippen LogP contribution in [0.4, 0.5) is 5.69 Å². The highest BCUT2D eigenvalue weighted by Gasteiger charge is 2.09. The summed E-state index contributed by atoms with van der Waals surface area (Å²) < 4.78 is 0. The summed E-state index contributed by atoms with van der Waals surface area (Å²) in [5.41, 5.74) is 1.62. The number of anilines is 1. The van der Waals surface area contributed by atoms with Crippen molar-refractivity contribution in [2.75, 3.05) is 38.6 Å². The summed E-state index contributed by atoms with van der Waals surface area (Å²) >= 11 is 6.21. The third-order valence-electron chi connectivity index (χ3n) is 2.86. The number of carbonyl (C=O) groups is 1. The predicted octanol–water partition coefficient (Wildman–Crippen LogP) is 2.93. The molecule has 0 bridgehead atoms. The maximum Gasteiger partial charge on any atom is 0.150 e. The van der Waals surface area contributed by atoms with E-state index in [9.17, 15) is 4.79 Å². The molecule has 0 N–H and O–H groups in total. The molecule has 1 aromatic carbocycles. The van der Waals surface area contributed by atoms with Gasteiger partial charge in [0.1, 0.15) is 6.29 Å². The molecule has 4 heteroatoms. The van der Waals surface area contributed by atoms with Gasteiger partial charge >= 0.3 is 0 Å². The van der Waals surface area contributed by atoms with Crippen molar-refractivity contribution >= 4 is 23.6 Å². The normalized spacial score (nSPS) is 10.7. The maximum atomic E-state index is 10.7. The Labute approximate surface area is 114 Å². The summed E-state index contributed by atoms with van der Waals surface area (Å²) in [5.74, 6) is 0. The van der Waals surface area contributed by atoms with Crippen molar-refractivity contribution in [2.24, 2.45) is 0 Å². The fraction of sp³-hybridized carbons (Fsp3) is 0.500. The second-order valence-electron chi connectivity index (χ2n) is 4.57. The first kappa shape index (κ1) is 15.0. The molecule has 0 amide bonds. The molecule has 0 spiro atoms. The lowest BCUT2D eigenvalue weighted by molar-refractivity contribution is 0.112. The molecule has 0 aliphatic rings. The Kier molecular flexibility index (Phi) is 6.16. The number of carbonyl (C=O) groups excluding carboxylic acids is 1. The van der Waals surface area contributed by atoms with Crippen LogP contribution in [-0.2, 0) is 0 Å². The van der Waals surface area contributed by atoms with Gasteiger partial charge in [-0.25, -0.2) is 0 Å². The Morgan fingerprint density at radius 3 is 2.50 bits per heavy atom. The summed E-state index contributed by atoms with van der Waals surface area (Å²) in [6, 6.07) is 5.45. The van der Waals surface area contributed by atoms with E-state index in [2.05, 4.69) is 30.8 Å². The molecule has 0 aliphatic heterocycles. The molecular formula is C14H21ClN2O. The van der Waals surface area contributed by atoms with Gasteiger partial charge in [0.15, 0.2) is 0 Å². The van der Waals surface area contributed by atoms with Gasteiger partial charge in [0.25, 0.3) is 0 Å². The minimum Gasteiger partial charge on any atom is -0.371 e. The van der Waals surface area contributed by atoms with Gasteiger partial charge in [0.2, 0.25) is 0 Å². The quantitative estimate of drug-likeness (QED) is 0.711. The van der Waals surface area contributed by atoms with E-state index in [0.29, 0.717) is 10.6 Å². The van der Waals surface area contributed by atoms with Crippen molar-refractivity contribution in [1.29, 1.82) is 0 Å². The highest BCUT2D eigenvalue weighted by Crippen LogP contribution is 2.26. The van der Waals surface area contributed by atoms with Crippen LogP contribution in [0.25, 0.3) is 0 Å². The SMILES string of the molecule is CCN(CCCN(C)C)c1ccc(C=O)cc1Cl. The lowest BCUT2D eigenvalue weighted by Gasteiger charge is -2.25. The largest absolute Gasteiger partial charge is 0.371 e. The lowest BCUT2D eigenvalue weighted by atomic mass is 10.2. The van der Waals surface area contributed by atoms with Crippen LogP contribution in [0.2, 0.25) is 5.02 Å². The van der Waals surface area contributed by atoms with Crippen LogP contribution >= 0.6 is 11.6 Å². The highest BCUT2D eigenvalue weighted by atomic mass is 35.5. The van der Waals surface area contributed by atoms with Gasteiger partial charge in [-0.05, 0) is 52.2 Å². The number of halogens is 1. The van der Waals surface area contributed by atoms with Gasteiger partial charge in [0, 0.05) is 18.7 Å².